The van der Waals surface area contributed by atoms with Crippen LogP contribution in [0.3, 0.4) is 0 Å². The molecule has 1 fully saturated rings. The number of urea groups is 1. The summed E-state index contributed by atoms with van der Waals surface area (Å²) in [6.45, 7) is 1.08. The quantitative estimate of drug-likeness (QED) is 0.892. The number of nitrogens with zero attached hydrogens (tertiary/aromatic N) is 1. The predicted molar refractivity (Wildman–Crippen MR) is 78.0 cm³/mol. The fourth-order valence-electron chi connectivity index (χ4n) is 2.94. The smallest absolute Gasteiger partial charge is 0.331 e. The second-order valence-electron chi connectivity index (χ2n) is 5.85. The molecule has 2 N–H and O–H groups in total. The highest BCUT2D eigenvalue weighted by molar-refractivity contribution is 5.84. The summed E-state index contributed by atoms with van der Waals surface area (Å²) in [5, 5.41) is 12.4. The van der Waals surface area contributed by atoms with Crippen molar-refractivity contribution < 1.29 is 14.7 Å². The highest BCUT2D eigenvalue weighted by Crippen LogP contribution is 2.32. The van der Waals surface area contributed by atoms with Gasteiger partial charge in [-0.2, -0.15) is 0 Å². The van der Waals surface area contributed by atoms with Gasteiger partial charge in [-0.15, -0.1) is 0 Å². The summed E-state index contributed by atoms with van der Waals surface area (Å²) in [5.41, 5.74) is 1.75. The van der Waals surface area contributed by atoms with Gasteiger partial charge in [0.15, 0.2) is 6.04 Å². The van der Waals surface area contributed by atoms with E-state index in [0.717, 1.165) is 23.5 Å². The van der Waals surface area contributed by atoms with Crippen LogP contribution in [0.25, 0.3) is 0 Å². The van der Waals surface area contributed by atoms with Gasteiger partial charge in [0.2, 0.25) is 0 Å². The Bertz CT molecular complexity index is 554. The summed E-state index contributed by atoms with van der Waals surface area (Å²) in [6.07, 6.45) is 4.21. The number of hydrogen-bond donors (Lipinski definition) is 2. The highest BCUT2D eigenvalue weighted by Gasteiger charge is 2.35. The minimum atomic E-state index is -0.973. The average Bonchev–Trinajstić information content (AvgIpc) is 3.29. The minimum Gasteiger partial charge on any atom is -0.479 e. The van der Waals surface area contributed by atoms with Gasteiger partial charge in [-0.3, -0.25) is 0 Å². The SMILES string of the molecule is O=C(O)C1c2ccccc2CCN1C(=O)NCCC1CC1. The molecule has 1 unspecified atom stereocenters. The number of amides is 2. The summed E-state index contributed by atoms with van der Waals surface area (Å²) in [4.78, 5) is 25.3. The second-order valence-corrected chi connectivity index (χ2v) is 5.85. The van der Waals surface area contributed by atoms with E-state index in [9.17, 15) is 14.7 Å². The van der Waals surface area contributed by atoms with E-state index in [0.29, 0.717) is 19.5 Å². The van der Waals surface area contributed by atoms with Gasteiger partial charge in [-0.05, 0) is 29.9 Å². The van der Waals surface area contributed by atoms with Crippen molar-refractivity contribution in [3.8, 4) is 0 Å². The number of hydrogen-bond acceptors (Lipinski definition) is 2. The number of carboxylic acids is 1. The summed E-state index contributed by atoms with van der Waals surface area (Å²) < 4.78 is 0. The van der Waals surface area contributed by atoms with Gasteiger partial charge >= 0.3 is 12.0 Å². The molecule has 0 aromatic heterocycles. The Morgan fingerprint density at radius 2 is 2.05 bits per heavy atom. The van der Waals surface area contributed by atoms with Gasteiger partial charge in [-0.25, -0.2) is 9.59 Å². The second kappa shape index (κ2) is 5.76. The Balaban J connectivity index is 1.71. The van der Waals surface area contributed by atoms with Crippen molar-refractivity contribution in [2.24, 2.45) is 5.92 Å². The van der Waals surface area contributed by atoms with Crippen LogP contribution in [0.1, 0.15) is 36.4 Å². The van der Waals surface area contributed by atoms with Gasteiger partial charge in [0.1, 0.15) is 0 Å². The van der Waals surface area contributed by atoms with Crippen LogP contribution in [0.2, 0.25) is 0 Å². The number of nitrogens with one attached hydrogen (secondary N) is 1. The molecule has 0 bridgehead atoms. The first-order valence-corrected chi connectivity index (χ1v) is 7.52. The Hall–Kier alpha value is -2.04. The van der Waals surface area contributed by atoms with Gasteiger partial charge in [0.25, 0.3) is 0 Å². The molecule has 1 aliphatic heterocycles. The van der Waals surface area contributed by atoms with Crippen LogP contribution in [-0.4, -0.2) is 35.1 Å². The van der Waals surface area contributed by atoms with Gasteiger partial charge in [-0.1, -0.05) is 37.1 Å². The number of benzene rings is 1. The van der Waals surface area contributed by atoms with E-state index in [-0.39, 0.29) is 6.03 Å². The molecule has 1 saturated carbocycles. The molecule has 1 atom stereocenters. The fraction of sp³-hybridized carbons (Fsp3) is 0.500. The number of carbonyl (C=O) groups is 2. The Labute approximate surface area is 123 Å². The van der Waals surface area contributed by atoms with E-state index in [1.54, 1.807) is 6.07 Å². The Morgan fingerprint density at radius 1 is 1.29 bits per heavy atom. The van der Waals surface area contributed by atoms with Crippen molar-refractivity contribution in [2.75, 3.05) is 13.1 Å². The molecule has 0 radical (unpaired) electrons. The molecule has 1 aliphatic carbocycles. The summed E-state index contributed by atoms with van der Waals surface area (Å²) in [6, 6.07) is 6.33. The maximum Gasteiger partial charge on any atom is 0.331 e. The Kier molecular flexibility index (Phi) is 3.82. The van der Waals surface area contributed by atoms with Crippen LogP contribution < -0.4 is 5.32 Å². The summed E-state index contributed by atoms with van der Waals surface area (Å²) in [5.74, 6) is -0.220. The maximum absolute atomic E-state index is 12.3. The number of rotatable bonds is 4. The molecule has 5 nitrogen and oxygen atoms in total. The lowest BCUT2D eigenvalue weighted by Crippen LogP contribution is -2.48. The molecular weight excluding hydrogens is 268 g/mol. The third-order valence-corrected chi connectivity index (χ3v) is 4.30. The molecule has 0 spiro atoms. The zero-order valence-corrected chi connectivity index (χ0v) is 11.9. The van der Waals surface area contributed by atoms with E-state index in [1.807, 2.05) is 18.2 Å². The molecule has 2 amide bonds. The van der Waals surface area contributed by atoms with Crippen LogP contribution in [0.15, 0.2) is 24.3 Å². The molecule has 1 aromatic carbocycles. The highest BCUT2D eigenvalue weighted by atomic mass is 16.4. The molecular formula is C16H20N2O3. The summed E-state index contributed by atoms with van der Waals surface area (Å²) >= 11 is 0. The van der Waals surface area contributed by atoms with E-state index in [2.05, 4.69) is 5.32 Å². The predicted octanol–water partition coefficient (Wildman–Crippen LogP) is 2.18. The van der Waals surface area contributed by atoms with Gasteiger partial charge in [0.05, 0.1) is 0 Å². The van der Waals surface area contributed by atoms with Crippen LogP contribution in [0.5, 0.6) is 0 Å². The molecule has 1 heterocycles. The van der Waals surface area contributed by atoms with Crippen LogP contribution >= 0.6 is 0 Å². The monoisotopic (exact) mass is 288 g/mol. The van der Waals surface area contributed by atoms with Crippen LogP contribution in [0, 0.1) is 5.92 Å². The third-order valence-electron chi connectivity index (χ3n) is 4.30. The average molecular weight is 288 g/mol. The van der Waals surface area contributed by atoms with Crippen molar-refractivity contribution in [1.82, 2.24) is 10.2 Å². The van der Waals surface area contributed by atoms with E-state index in [4.69, 9.17) is 0 Å². The van der Waals surface area contributed by atoms with Crippen molar-refractivity contribution in [2.45, 2.75) is 31.7 Å². The fourth-order valence-corrected chi connectivity index (χ4v) is 2.94. The molecule has 0 saturated heterocycles. The van der Waals surface area contributed by atoms with Gasteiger partial charge in [0, 0.05) is 13.1 Å². The maximum atomic E-state index is 12.3. The van der Waals surface area contributed by atoms with Crippen LogP contribution in [-0.2, 0) is 11.2 Å². The van der Waals surface area contributed by atoms with Crippen molar-refractivity contribution in [3.05, 3.63) is 35.4 Å². The zero-order valence-electron chi connectivity index (χ0n) is 11.9. The van der Waals surface area contributed by atoms with E-state index in [1.165, 1.54) is 17.7 Å². The normalized spacial score (nSPS) is 20.8. The first kappa shape index (κ1) is 13.9. The molecule has 1 aromatic rings. The first-order chi connectivity index (χ1) is 10.2. The number of fused-ring (bicyclic) bond motifs is 1. The third kappa shape index (κ3) is 3.01. The van der Waals surface area contributed by atoms with Crippen molar-refractivity contribution in [3.63, 3.8) is 0 Å². The lowest BCUT2D eigenvalue weighted by Gasteiger charge is -2.34. The molecule has 21 heavy (non-hydrogen) atoms. The van der Waals surface area contributed by atoms with Crippen molar-refractivity contribution >= 4 is 12.0 Å². The number of carboxylic acid groups (broad SMARTS) is 1. The lowest BCUT2D eigenvalue weighted by molar-refractivity contribution is -0.142. The standard InChI is InChI=1S/C16H20N2O3/c19-15(20)14-13-4-2-1-3-12(13)8-10-18(14)16(21)17-9-7-11-5-6-11/h1-4,11,14H,5-10H2,(H,17,21)(H,19,20). The Morgan fingerprint density at radius 3 is 2.76 bits per heavy atom. The van der Waals surface area contributed by atoms with E-state index < -0.39 is 12.0 Å². The molecule has 2 aliphatic rings. The number of aliphatic carboxylic acids is 1. The molecule has 3 rings (SSSR count). The molecule has 5 heteroatoms. The van der Waals surface area contributed by atoms with E-state index >= 15 is 0 Å². The van der Waals surface area contributed by atoms with Crippen molar-refractivity contribution in [1.29, 1.82) is 0 Å². The lowest BCUT2D eigenvalue weighted by atomic mass is 9.93. The zero-order chi connectivity index (χ0) is 14.8. The number of carbonyl (C=O) groups excluding carboxylic acids is 1. The summed E-state index contributed by atoms with van der Waals surface area (Å²) in [7, 11) is 0. The van der Waals surface area contributed by atoms with Gasteiger partial charge < -0.3 is 15.3 Å². The first-order valence-electron chi connectivity index (χ1n) is 7.52. The molecule has 112 valence electrons. The van der Waals surface area contributed by atoms with Crippen LogP contribution in [0.4, 0.5) is 4.79 Å². The topological polar surface area (TPSA) is 69.6 Å². The largest absolute Gasteiger partial charge is 0.479 e. The minimum absolute atomic E-state index is 0.266.